The van der Waals surface area contributed by atoms with Crippen molar-refractivity contribution in [2.45, 2.75) is 25.5 Å². The van der Waals surface area contributed by atoms with Gasteiger partial charge in [0.2, 0.25) is 0 Å². The monoisotopic (exact) mass is 410 g/mol. The van der Waals surface area contributed by atoms with Crippen molar-refractivity contribution in [3.05, 3.63) is 45.4 Å². The van der Waals surface area contributed by atoms with Crippen molar-refractivity contribution in [2.24, 2.45) is 0 Å². The van der Waals surface area contributed by atoms with Crippen LogP contribution in [0.1, 0.15) is 24.3 Å². The minimum absolute atomic E-state index is 0.0287. The van der Waals surface area contributed by atoms with Crippen LogP contribution in [0.4, 0.5) is 0 Å². The third-order valence-electron chi connectivity index (χ3n) is 4.58. The van der Waals surface area contributed by atoms with Crippen LogP contribution in [0.2, 0.25) is 4.47 Å². The third-order valence-corrected chi connectivity index (χ3v) is 5.58. The second-order valence-corrected chi connectivity index (χ2v) is 7.88. The summed E-state index contributed by atoms with van der Waals surface area (Å²) < 4.78 is 16.4. The van der Waals surface area contributed by atoms with Gasteiger partial charge in [-0.2, -0.15) is 0 Å². The van der Waals surface area contributed by atoms with Gasteiger partial charge >= 0.3 is 5.97 Å². The Kier molecular flexibility index (Phi) is 7.07. The summed E-state index contributed by atoms with van der Waals surface area (Å²) in [4.78, 5) is 17.9. The average Bonchev–Trinajstić information content (AvgIpc) is 3.13. The molecule has 6 nitrogen and oxygen atoms in total. The number of carbonyl (C=O) groups is 1. The summed E-state index contributed by atoms with van der Waals surface area (Å²) in [6, 6.07) is 8.18. The normalized spacial score (nSPS) is 18.9. The molecule has 0 aliphatic carbocycles. The van der Waals surface area contributed by atoms with Gasteiger partial charge in [-0.25, -0.2) is 9.78 Å². The molecule has 27 heavy (non-hydrogen) atoms. The fourth-order valence-electron chi connectivity index (χ4n) is 3.05. The lowest BCUT2D eigenvalue weighted by molar-refractivity contribution is -0.142. The molecule has 1 saturated heterocycles. The van der Waals surface area contributed by atoms with Crippen molar-refractivity contribution in [1.29, 1.82) is 0 Å². The van der Waals surface area contributed by atoms with E-state index in [1.54, 1.807) is 0 Å². The molecule has 1 aliphatic rings. The second kappa shape index (κ2) is 9.50. The molecule has 0 saturated carbocycles. The smallest absolute Gasteiger partial charge is 0.343 e. The summed E-state index contributed by atoms with van der Waals surface area (Å²) >= 11 is 7.38. The summed E-state index contributed by atoms with van der Waals surface area (Å²) in [7, 11) is 1.34. The molecule has 0 spiro atoms. The summed E-state index contributed by atoms with van der Waals surface area (Å²) in [5.41, 5.74) is 2.13. The van der Waals surface area contributed by atoms with Gasteiger partial charge in [0.15, 0.2) is 11.1 Å². The summed E-state index contributed by atoms with van der Waals surface area (Å²) in [5.74, 6) is 0.264. The number of hydrogen-bond donors (Lipinski definition) is 0. The number of thiazole rings is 1. The molecule has 146 valence electrons. The van der Waals surface area contributed by atoms with Gasteiger partial charge in [0.1, 0.15) is 11.9 Å². The van der Waals surface area contributed by atoms with Crippen LogP contribution in [0.3, 0.4) is 0 Å². The first-order valence-corrected chi connectivity index (χ1v) is 10.1. The molecule has 3 rings (SSSR count). The molecule has 2 unspecified atom stereocenters. The number of methoxy groups -OCH3 is 1. The van der Waals surface area contributed by atoms with Crippen molar-refractivity contribution >= 4 is 28.9 Å². The number of esters is 1. The lowest BCUT2D eigenvalue weighted by Crippen LogP contribution is -2.44. The van der Waals surface area contributed by atoms with E-state index in [-0.39, 0.29) is 12.7 Å². The number of benzene rings is 1. The molecule has 2 aromatic rings. The standard InChI is InChI=1S/C19H23ClN2O4S/c1-13(9-14-3-5-15(6-4-14)26-11-18(23)24-2)22-7-8-25-17(10-22)16-12-27-19(20)21-16/h3-6,12-13,17H,7-11H2,1-2H3. The Morgan fingerprint density at radius 2 is 2.22 bits per heavy atom. The molecule has 2 heterocycles. The molecule has 0 radical (unpaired) electrons. The van der Waals surface area contributed by atoms with Crippen LogP contribution in [0, 0.1) is 0 Å². The first-order valence-electron chi connectivity index (χ1n) is 8.80. The molecule has 1 aliphatic heterocycles. The molecule has 1 fully saturated rings. The van der Waals surface area contributed by atoms with E-state index in [4.69, 9.17) is 21.1 Å². The summed E-state index contributed by atoms with van der Waals surface area (Å²) in [5, 5.41) is 1.97. The summed E-state index contributed by atoms with van der Waals surface area (Å²) in [6.07, 6.45) is 0.890. The van der Waals surface area contributed by atoms with Gasteiger partial charge in [-0.15, -0.1) is 11.3 Å². The minimum atomic E-state index is -0.393. The van der Waals surface area contributed by atoms with Gasteiger partial charge in [-0.3, -0.25) is 4.90 Å². The van der Waals surface area contributed by atoms with Gasteiger partial charge in [-0.05, 0) is 31.0 Å². The first-order chi connectivity index (χ1) is 13.0. The van der Waals surface area contributed by atoms with Gasteiger partial charge in [0, 0.05) is 24.5 Å². The van der Waals surface area contributed by atoms with E-state index in [9.17, 15) is 4.79 Å². The van der Waals surface area contributed by atoms with Crippen LogP contribution >= 0.6 is 22.9 Å². The van der Waals surface area contributed by atoms with Crippen LogP contribution < -0.4 is 4.74 Å². The number of hydrogen-bond acceptors (Lipinski definition) is 7. The highest BCUT2D eigenvalue weighted by Crippen LogP contribution is 2.27. The van der Waals surface area contributed by atoms with Gasteiger partial charge < -0.3 is 14.2 Å². The quantitative estimate of drug-likeness (QED) is 0.652. The lowest BCUT2D eigenvalue weighted by atomic mass is 10.0. The minimum Gasteiger partial charge on any atom is -0.482 e. The Labute approximate surface area is 168 Å². The molecule has 8 heteroatoms. The zero-order valence-corrected chi connectivity index (χ0v) is 17.0. The van der Waals surface area contributed by atoms with Crippen molar-refractivity contribution in [2.75, 3.05) is 33.4 Å². The lowest BCUT2D eigenvalue weighted by Gasteiger charge is -2.36. The Balaban J connectivity index is 1.53. The van der Waals surface area contributed by atoms with E-state index in [1.165, 1.54) is 24.0 Å². The average molecular weight is 411 g/mol. The van der Waals surface area contributed by atoms with Crippen LogP contribution in [0.5, 0.6) is 5.75 Å². The van der Waals surface area contributed by atoms with Gasteiger partial charge in [0.25, 0.3) is 0 Å². The molecule has 0 bridgehead atoms. The number of halogens is 1. The predicted octanol–water partition coefficient (Wildman–Crippen LogP) is 3.35. The molecule has 0 N–H and O–H groups in total. The molecule has 2 atom stereocenters. The molecule has 1 aromatic heterocycles. The highest BCUT2D eigenvalue weighted by molar-refractivity contribution is 7.13. The van der Waals surface area contributed by atoms with E-state index < -0.39 is 5.97 Å². The number of ether oxygens (including phenoxy) is 3. The van der Waals surface area contributed by atoms with E-state index in [0.717, 1.165) is 25.2 Å². The zero-order chi connectivity index (χ0) is 19.2. The maximum atomic E-state index is 11.1. The largest absolute Gasteiger partial charge is 0.482 e. The number of aromatic nitrogens is 1. The maximum Gasteiger partial charge on any atom is 0.343 e. The van der Waals surface area contributed by atoms with Crippen LogP contribution in [-0.2, 0) is 20.7 Å². The Bertz CT molecular complexity index is 752. The van der Waals surface area contributed by atoms with Crippen molar-refractivity contribution in [1.82, 2.24) is 9.88 Å². The van der Waals surface area contributed by atoms with Crippen molar-refractivity contribution in [3.63, 3.8) is 0 Å². The van der Waals surface area contributed by atoms with E-state index in [0.29, 0.717) is 22.9 Å². The van der Waals surface area contributed by atoms with Crippen molar-refractivity contribution < 1.29 is 19.0 Å². The van der Waals surface area contributed by atoms with Crippen molar-refractivity contribution in [3.8, 4) is 5.75 Å². The fourth-order valence-corrected chi connectivity index (χ4v) is 3.86. The van der Waals surface area contributed by atoms with E-state index in [2.05, 4.69) is 21.5 Å². The summed E-state index contributed by atoms with van der Waals surface area (Å²) in [6.45, 7) is 4.53. The Morgan fingerprint density at radius 1 is 1.44 bits per heavy atom. The van der Waals surface area contributed by atoms with Crippen LogP contribution in [-0.4, -0.2) is 55.3 Å². The van der Waals surface area contributed by atoms with E-state index in [1.807, 2.05) is 29.6 Å². The van der Waals surface area contributed by atoms with Crippen LogP contribution in [0.15, 0.2) is 29.6 Å². The zero-order valence-electron chi connectivity index (χ0n) is 15.4. The molecular weight excluding hydrogens is 388 g/mol. The number of carbonyl (C=O) groups excluding carboxylic acids is 1. The Morgan fingerprint density at radius 3 is 2.89 bits per heavy atom. The van der Waals surface area contributed by atoms with Crippen LogP contribution in [0.25, 0.3) is 0 Å². The number of nitrogens with zero attached hydrogens (tertiary/aromatic N) is 2. The SMILES string of the molecule is COC(=O)COc1ccc(CC(C)N2CCOC(c3csc(Cl)n3)C2)cc1. The second-order valence-electron chi connectivity index (χ2n) is 6.44. The number of rotatable bonds is 7. The van der Waals surface area contributed by atoms with Gasteiger partial charge in [0.05, 0.1) is 19.4 Å². The first kappa shape index (κ1) is 20.1. The molecule has 1 aromatic carbocycles. The highest BCUT2D eigenvalue weighted by atomic mass is 35.5. The Hall–Kier alpha value is -1.67. The van der Waals surface area contributed by atoms with Gasteiger partial charge in [-0.1, -0.05) is 23.7 Å². The number of morpholine rings is 1. The highest BCUT2D eigenvalue weighted by Gasteiger charge is 2.26. The van der Waals surface area contributed by atoms with E-state index >= 15 is 0 Å². The fraction of sp³-hybridized carbons (Fsp3) is 0.474. The maximum absolute atomic E-state index is 11.1. The third kappa shape index (κ3) is 5.65. The molecule has 0 amide bonds. The molecular formula is C19H23ClN2O4S. The predicted molar refractivity (Wildman–Crippen MR) is 105 cm³/mol. The topological polar surface area (TPSA) is 60.9 Å².